The van der Waals surface area contributed by atoms with Gasteiger partial charge in [-0.25, -0.2) is 0 Å². The summed E-state index contributed by atoms with van der Waals surface area (Å²) in [5.41, 5.74) is 0.947. The van der Waals surface area contributed by atoms with Crippen molar-refractivity contribution in [3.05, 3.63) is 38.9 Å². The minimum Gasteiger partial charge on any atom is -0.258 e. The fourth-order valence-corrected chi connectivity index (χ4v) is 1.80. The molecule has 1 aromatic rings. The minimum atomic E-state index is -0.482. The number of nitrogens with zero attached hydrogens (tertiary/aromatic N) is 1. The highest BCUT2D eigenvalue weighted by atomic mass is 79.9. The van der Waals surface area contributed by atoms with Crippen LogP contribution in [0.4, 0.5) is 5.69 Å². The number of nitro benzene ring substituents is 1. The maximum Gasteiger partial charge on any atom is 0.287 e. The first-order valence-electron chi connectivity index (χ1n) is 4.07. The zero-order valence-corrected chi connectivity index (χ0v) is 9.88. The van der Waals surface area contributed by atoms with Crippen molar-refractivity contribution >= 4 is 33.2 Å². The van der Waals surface area contributed by atoms with Gasteiger partial charge in [-0.1, -0.05) is 40.5 Å². The van der Waals surface area contributed by atoms with Crippen LogP contribution in [-0.4, -0.2) is 9.75 Å². The normalized spacial score (nSPS) is 12.5. The molecule has 3 nitrogen and oxygen atoms in total. The van der Waals surface area contributed by atoms with Crippen LogP contribution in [0.3, 0.4) is 0 Å². The molecule has 1 atom stereocenters. The van der Waals surface area contributed by atoms with Gasteiger partial charge >= 0.3 is 0 Å². The SMILES string of the molecule is CC(Br)Cc1ccc([N+](=O)[O-])c(Cl)c1. The number of alkyl halides is 1. The number of rotatable bonds is 3. The number of benzene rings is 1. The molecule has 0 aliphatic rings. The van der Waals surface area contributed by atoms with Gasteiger partial charge in [0.25, 0.3) is 5.69 Å². The second-order valence-electron chi connectivity index (χ2n) is 3.03. The minimum absolute atomic E-state index is 0.0438. The summed E-state index contributed by atoms with van der Waals surface area (Å²) in [5.74, 6) is 0. The Balaban J connectivity index is 2.94. The highest BCUT2D eigenvalue weighted by molar-refractivity contribution is 9.09. The largest absolute Gasteiger partial charge is 0.287 e. The first kappa shape index (κ1) is 11.5. The average molecular weight is 279 g/mol. The molecular weight excluding hydrogens is 269 g/mol. The molecule has 0 heterocycles. The number of nitro groups is 1. The molecule has 14 heavy (non-hydrogen) atoms. The topological polar surface area (TPSA) is 43.1 Å². The molecule has 0 N–H and O–H groups in total. The van der Waals surface area contributed by atoms with Crippen molar-refractivity contribution in [1.82, 2.24) is 0 Å². The monoisotopic (exact) mass is 277 g/mol. The van der Waals surface area contributed by atoms with E-state index in [9.17, 15) is 10.1 Å². The lowest BCUT2D eigenvalue weighted by Gasteiger charge is -2.03. The summed E-state index contributed by atoms with van der Waals surface area (Å²) in [6.07, 6.45) is 0.803. The van der Waals surface area contributed by atoms with Crippen molar-refractivity contribution in [2.24, 2.45) is 0 Å². The van der Waals surface area contributed by atoms with E-state index in [2.05, 4.69) is 15.9 Å². The number of hydrogen-bond acceptors (Lipinski definition) is 2. The standard InChI is InChI=1S/C9H9BrClNO2/c1-6(10)4-7-2-3-9(12(13)14)8(11)5-7/h2-3,5-6H,4H2,1H3. The van der Waals surface area contributed by atoms with Crippen molar-refractivity contribution in [2.45, 2.75) is 18.2 Å². The Morgan fingerprint density at radius 2 is 2.29 bits per heavy atom. The second-order valence-corrected chi connectivity index (χ2v) is 5.00. The molecule has 0 spiro atoms. The van der Waals surface area contributed by atoms with Crippen molar-refractivity contribution in [3.63, 3.8) is 0 Å². The predicted octanol–water partition coefficient (Wildman–Crippen LogP) is 3.57. The summed E-state index contributed by atoms with van der Waals surface area (Å²) in [7, 11) is 0. The molecule has 0 aliphatic carbocycles. The highest BCUT2D eigenvalue weighted by Crippen LogP contribution is 2.25. The van der Waals surface area contributed by atoms with Crippen molar-refractivity contribution in [3.8, 4) is 0 Å². The van der Waals surface area contributed by atoms with Gasteiger partial charge in [-0.3, -0.25) is 10.1 Å². The lowest BCUT2D eigenvalue weighted by atomic mass is 10.1. The summed E-state index contributed by atoms with van der Waals surface area (Å²) in [5, 5.41) is 10.7. The molecule has 1 aromatic carbocycles. The van der Waals surface area contributed by atoms with Gasteiger partial charge in [0.15, 0.2) is 0 Å². The van der Waals surface area contributed by atoms with Crippen LogP contribution in [-0.2, 0) is 6.42 Å². The van der Waals surface area contributed by atoms with Crippen molar-refractivity contribution < 1.29 is 4.92 Å². The van der Waals surface area contributed by atoms with E-state index in [-0.39, 0.29) is 10.7 Å². The van der Waals surface area contributed by atoms with Crippen LogP contribution in [0.2, 0.25) is 5.02 Å². The quantitative estimate of drug-likeness (QED) is 0.482. The van der Waals surface area contributed by atoms with E-state index in [0.29, 0.717) is 4.83 Å². The van der Waals surface area contributed by atoms with E-state index in [1.165, 1.54) is 6.07 Å². The summed E-state index contributed by atoms with van der Waals surface area (Å²) >= 11 is 9.16. The molecule has 1 rings (SSSR count). The second kappa shape index (κ2) is 4.75. The van der Waals surface area contributed by atoms with E-state index in [0.717, 1.165) is 12.0 Å². The fourth-order valence-electron chi connectivity index (χ4n) is 1.15. The molecule has 5 heteroatoms. The Kier molecular flexibility index (Phi) is 3.89. The van der Waals surface area contributed by atoms with Crippen molar-refractivity contribution in [1.29, 1.82) is 0 Å². The molecule has 0 bridgehead atoms. The number of halogens is 2. The van der Waals surface area contributed by atoms with Gasteiger partial charge in [-0.05, 0) is 18.1 Å². The highest BCUT2D eigenvalue weighted by Gasteiger charge is 2.12. The fraction of sp³-hybridized carbons (Fsp3) is 0.333. The smallest absolute Gasteiger partial charge is 0.258 e. The Labute approximate surface area is 95.4 Å². The Morgan fingerprint density at radius 3 is 2.71 bits per heavy atom. The lowest BCUT2D eigenvalue weighted by molar-refractivity contribution is -0.384. The molecule has 0 aliphatic heterocycles. The number of hydrogen-bond donors (Lipinski definition) is 0. The maximum atomic E-state index is 10.5. The molecule has 0 radical (unpaired) electrons. The Bertz CT molecular complexity index is 355. The van der Waals surface area contributed by atoms with Gasteiger partial charge in [-0.2, -0.15) is 0 Å². The molecule has 0 aromatic heterocycles. The summed E-state index contributed by atoms with van der Waals surface area (Å²) in [6.45, 7) is 2.01. The summed E-state index contributed by atoms with van der Waals surface area (Å²) in [6, 6.07) is 4.80. The van der Waals surface area contributed by atoms with Crippen LogP contribution in [0.1, 0.15) is 12.5 Å². The molecule has 0 saturated heterocycles. The van der Waals surface area contributed by atoms with Crippen LogP contribution < -0.4 is 0 Å². The summed E-state index contributed by atoms with van der Waals surface area (Å²) < 4.78 is 0. The average Bonchev–Trinajstić information content (AvgIpc) is 2.01. The zero-order valence-electron chi connectivity index (χ0n) is 7.54. The molecular formula is C9H9BrClNO2. The molecule has 76 valence electrons. The third kappa shape index (κ3) is 2.96. The van der Waals surface area contributed by atoms with Gasteiger partial charge in [0, 0.05) is 10.9 Å². The van der Waals surface area contributed by atoms with Gasteiger partial charge < -0.3 is 0 Å². The van der Waals surface area contributed by atoms with E-state index in [4.69, 9.17) is 11.6 Å². The van der Waals surface area contributed by atoms with Crippen LogP contribution in [0.15, 0.2) is 18.2 Å². The van der Waals surface area contributed by atoms with Gasteiger partial charge in [0.1, 0.15) is 5.02 Å². The summed E-state index contributed by atoms with van der Waals surface area (Å²) in [4.78, 5) is 10.3. The van der Waals surface area contributed by atoms with E-state index >= 15 is 0 Å². The lowest BCUT2D eigenvalue weighted by Crippen LogP contribution is -1.97. The van der Waals surface area contributed by atoms with Crippen LogP contribution in [0.25, 0.3) is 0 Å². The van der Waals surface area contributed by atoms with E-state index < -0.39 is 4.92 Å². The Morgan fingerprint density at radius 1 is 1.64 bits per heavy atom. The van der Waals surface area contributed by atoms with E-state index in [1.54, 1.807) is 12.1 Å². The maximum absolute atomic E-state index is 10.5. The van der Waals surface area contributed by atoms with E-state index in [1.807, 2.05) is 6.92 Å². The molecule has 0 fully saturated rings. The van der Waals surface area contributed by atoms with Gasteiger partial charge in [-0.15, -0.1) is 0 Å². The van der Waals surface area contributed by atoms with Crippen molar-refractivity contribution in [2.75, 3.05) is 0 Å². The first-order valence-corrected chi connectivity index (χ1v) is 5.37. The van der Waals surface area contributed by atoms with Crippen LogP contribution >= 0.6 is 27.5 Å². The van der Waals surface area contributed by atoms with Crippen LogP contribution in [0.5, 0.6) is 0 Å². The molecule has 1 unspecified atom stereocenters. The third-order valence-corrected chi connectivity index (χ3v) is 2.35. The van der Waals surface area contributed by atoms with Gasteiger partial charge in [0.2, 0.25) is 0 Å². The molecule has 0 amide bonds. The zero-order chi connectivity index (χ0) is 10.7. The predicted molar refractivity (Wildman–Crippen MR) is 60.2 cm³/mol. The van der Waals surface area contributed by atoms with Gasteiger partial charge in [0.05, 0.1) is 4.92 Å². The Hall–Kier alpha value is -0.610. The van der Waals surface area contributed by atoms with Crippen LogP contribution in [0, 0.1) is 10.1 Å². The first-order chi connectivity index (χ1) is 6.50. The third-order valence-electron chi connectivity index (χ3n) is 1.73. The molecule has 0 saturated carbocycles.